The average molecular weight is 318 g/mol. The zero-order chi connectivity index (χ0) is 17.0. The maximum atomic E-state index is 12.8. The van der Waals surface area contributed by atoms with E-state index < -0.39 is 0 Å². The summed E-state index contributed by atoms with van der Waals surface area (Å²) in [4.78, 5) is 12.8. The number of ether oxygens (including phenoxy) is 2. The molecule has 1 aromatic heterocycles. The van der Waals surface area contributed by atoms with E-state index in [1.807, 2.05) is 13.0 Å². The van der Waals surface area contributed by atoms with Gasteiger partial charge in [-0.1, -0.05) is 20.3 Å². The van der Waals surface area contributed by atoms with Gasteiger partial charge in [0.05, 0.1) is 19.2 Å². The van der Waals surface area contributed by atoms with Gasteiger partial charge in [-0.25, -0.2) is 0 Å². The van der Waals surface area contributed by atoms with Crippen LogP contribution in [0.4, 0.5) is 5.69 Å². The molecular formula is C18H26N2O3. The molecule has 0 radical (unpaired) electrons. The summed E-state index contributed by atoms with van der Waals surface area (Å²) in [5.74, 6) is 1.16. The monoisotopic (exact) mass is 318 g/mol. The van der Waals surface area contributed by atoms with Crippen molar-refractivity contribution in [1.82, 2.24) is 4.57 Å². The zero-order valence-corrected chi connectivity index (χ0v) is 14.4. The highest BCUT2D eigenvalue weighted by Gasteiger charge is 2.19. The lowest BCUT2D eigenvalue weighted by molar-refractivity contribution is 0.236. The van der Waals surface area contributed by atoms with Crippen molar-refractivity contribution in [2.24, 2.45) is 5.92 Å². The van der Waals surface area contributed by atoms with Crippen LogP contribution in [0.2, 0.25) is 0 Å². The maximum absolute atomic E-state index is 12.8. The van der Waals surface area contributed by atoms with E-state index in [4.69, 9.17) is 15.2 Å². The van der Waals surface area contributed by atoms with Crippen LogP contribution in [0, 0.1) is 5.92 Å². The average Bonchev–Trinajstić information content (AvgIpc) is 2.53. The van der Waals surface area contributed by atoms with Crippen LogP contribution < -0.4 is 20.8 Å². The van der Waals surface area contributed by atoms with Gasteiger partial charge >= 0.3 is 0 Å². The van der Waals surface area contributed by atoms with Gasteiger partial charge in [0.2, 0.25) is 5.75 Å². The number of benzene rings is 1. The second-order valence-electron chi connectivity index (χ2n) is 5.89. The number of pyridine rings is 1. The van der Waals surface area contributed by atoms with Crippen molar-refractivity contribution >= 4 is 16.6 Å². The topological polar surface area (TPSA) is 66.5 Å². The van der Waals surface area contributed by atoms with Gasteiger partial charge in [0, 0.05) is 17.6 Å². The molecule has 23 heavy (non-hydrogen) atoms. The van der Waals surface area contributed by atoms with Gasteiger partial charge in [-0.05, 0) is 37.5 Å². The highest BCUT2D eigenvalue weighted by Crippen LogP contribution is 2.33. The van der Waals surface area contributed by atoms with E-state index in [0.29, 0.717) is 30.5 Å². The normalized spacial score (nSPS) is 12.3. The van der Waals surface area contributed by atoms with Gasteiger partial charge in [0.25, 0.3) is 5.56 Å². The van der Waals surface area contributed by atoms with Gasteiger partial charge in [0.15, 0.2) is 5.75 Å². The van der Waals surface area contributed by atoms with Gasteiger partial charge in [-0.3, -0.25) is 4.79 Å². The Labute approximate surface area is 137 Å². The number of aryl methyl sites for hydroxylation is 1. The molecule has 2 rings (SSSR count). The molecule has 0 fully saturated rings. The Kier molecular flexibility index (Phi) is 5.53. The number of hydrogen-bond donors (Lipinski definition) is 1. The Morgan fingerprint density at radius 2 is 2.00 bits per heavy atom. The van der Waals surface area contributed by atoms with Gasteiger partial charge in [-0.2, -0.15) is 0 Å². The Morgan fingerprint density at radius 1 is 1.26 bits per heavy atom. The van der Waals surface area contributed by atoms with Crippen molar-refractivity contribution < 1.29 is 9.47 Å². The molecule has 0 aliphatic carbocycles. The van der Waals surface area contributed by atoms with E-state index in [1.54, 1.807) is 23.8 Å². The lowest BCUT2D eigenvalue weighted by Gasteiger charge is -2.18. The molecule has 1 atom stereocenters. The first-order valence-electron chi connectivity index (χ1n) is 8.16. The van der Waals surface area contributed by atoms with E-state index >= 15 is 0 Å². The van der Waals surface area contributed by atoms with Gasteiger partial charge in [-0.15, -0.1) is 0 Å². The number of fused-ring (bicyclic) bond motifs is 1. The standard InChI is InChI=1S/C18H26N2O3/c1-5-7-12(3)11-23-17-16(22-4)14-9-8-13(19)10-15(14)20(6-2)18(17)21/h8-10,12H,5-7,11,19H2,1-4H3. The Bertz CT molecular complexity index is 737. The molecule has 0 aliphatic rings. The van der Waals surface area contributed by atoms with Crippen molar-refractivity contribution in [1.29, 1.82) is 0 Å². The minimum atomic E-state index is -0.175. The molecule has 1 heterocycles. The first-order valence-corrected chi connectivity index (χ1v) is 8.16. The van der Waals surface area contributed by atoms with Crippen LogP contribution in [0.3, 0.4) is 0 Å². The van der Waals surface area contributed by atoms with E-state index in [1.165, 1.54) is 0 Å². The smallest absolute Gasteiger partial charge is 0.297 e. The van der Waals surface area contributed by atoms with Crippen molar-refractivity contribution in [3.63, 3.8) is 0 Å². The second-order valence-corrected chi connectivity index (χ2v) is 5.89. The van der Waals surface area contributed by atoms with Crippen molar-refractivity contribution in [2.75, 3.05) is 19.5 Å². The van der Waals surface area contributed by atoms with Crippen LogP contribution in [0.15, 0.2) is 23.0 Å². The quantitative estimate of drug-likeness (QED) is 0.794. The van der Waals surface area contributed by atoms with Crippen molar-refractivity contribution in [3.8, 4) is 11.5 Å². The molecule has 0 aliphatic heterocycles. The Balaban J connectivity index is 2.57. The summed E-state index contributed by atoms with van der Waals surface area (Å²) in [7, 11) is 1.56. The zero-order valence-electron chi connectivity index (χ0n) is 14.4. The third-order valence-corrected chi connectivity index (χ3v) is 4.02. The maximum Gasteiger partial charge on any atom is 0.297 e. The summed E-state index contributed by atoms with van der Waals surface area (Å²) in [6.45, 7) is 7.24. The molecular weight excluding hydrogens is 292 g/mol. The molecule has 0 bridgehead atoms. The number of nitrogens with zero attached hydrogens (tertiary/aromatic N) is 1. The highest BCUT2D eigenvalue weighted by atomic mass is 16.5. The summed E-state index contributed by atoms with van der Waals surface area (Å²) in [6.07, 6.45) is 2.16. The highest BCUT2D eigenvalue weighted by molar-refractivity contribution is 5.90. The van der Waals surface area contributed by atoms with E-state index in [-0.39, 0.29) is 11.3 Å². The third-order valence-electron chi connectivity index (χ3n) is 4.02. The molecule has 1 aromatic carbocycles. The Hall–Kier alpha value is -2.17. The molecule has 5 heteroatoms. The van der Waals surface area contributed by atoms with Crippen LogP contribution in [0.25, 0.3) is 10.9 Å². The lowest BCUT2D eigenvalue weighted by atomic mass is 10.1. The molecule has 0 amide bonds. The summed E-state index contributed by atoms with van der Waals surface area (Å²) in [6, 6.07) is 5.47. The fourth-order valence-corrected chi connectivity index (χ4v) is 2.86. The van der Waals surface area contributed by atoms with E-state index in [2.05, 4.69) is 13.8 Å². The number of aromatic nitrogens is 1. The first kappa shape index (κ1) is 17.2. The Morgan fingerprint density at radius 3 is 2.61 bits per heavy atom. The van der Waals surface area contributed by atoms with E-state index in [0.717, 1.165) is 23.7 Å². The van der Waals surface area contributed by atoms with Gasteiger partial charge < -0.3 is 19.8 Å². The number of methoxy groups -OCH3 is 1. The van der Waals surface area contributed by atoms with Crippen molar-refractivity contribution in [3.05, 3.63) is 28.6 Å². The van der Waals surface area contributed by atoms with Gasteiger partial charge in [0.1, 0.15) is 0 Å². The fraction of sp³-hybridized carbons (Fsp3) is 0.500. The summed E-state index contributed by atoms with van der Waals surface area (Å²) < 4.78 is 13.0. The SMILES string of the molecule is CCCC(C)COc1c(OC)c2ccc(N)cc2n(CC)c1=O. The number of rotatable bonds is 7. The number of anilines is 1. The molecule has 0 saturated heterocycles. The molecule has 126 valence electrons. The number of nitrogen functional groups attached to an aromatic ring is 1. The molecule has 2 aromatic rings. The van der Waals surface area contributed by atoms with Crippen LogP contribution in [0.1, 0.15) is 33.6 Å². The van der Waals surface area contributed by atoms with E-state index in [9.17, 15) is 4.79 Å². The minimum absolute atomic E-state index is 0.175. The minimum Gasteiger partial charge on any atom is -0.492 e. The number of nitrogens with two attached hydrogens (primary N) is 1. The summed E-state index contributed by atoms with van der Waals surface area (Å²) in [5.41, 5.74) is 7.08. The first-order chi connectivity index (χ1) is 11.0. The van der Waals surface area contributed by atoms with Crippen LogP contribution >= 0.6 is 0 Å². The van der Waals surface area contributed by atoms with Crippen LogP contribution in [-0.4, -0.2) is 18.3 Å². The predicted octanol–water partition coefficient (Wildman–Crippen LogP) is 3.43. The second kappa shape index (κ2) is 7.40. The third kappa shape index (κ3) is 3.44. The van der Waals surface area contributed by atoms with Crippen LogP contribution in [-0.2, 0) is 6.54 Å². The molecule has 1 unspecified atom stereocenters. The lowest BCUT2D eigenvalue weighted by Crippen LogP contribution is -2.24. The predicted molar refractivity (Wildman–Crippen MR) is 94.4 cm³/mol. The molecule has 2 N–H and O–H groups in total. The molecule has 0 saturated carbocycles. The van der Waals surface area contributed by atoms with Crippen LogP contribution in [0.5, 0.6) is 11.5 Å². The summed E-state index contributed by atoms with van der Waals surface area (Å²) >= 11 is 0. The summed E-state index contributed by atoms with van der Waals surface area (Å²) in [5, 5.41) is 0.835. The largest absolute Gasteiger partial charge is 0.492 e. The number of hydrogen-bond acceptors (Lipinski definition) is 4. The van der Waals surface area contributed by atoms with Crippen molar-refractivity contribution in [2.45, 2.75) is 40.2 Å². The molecule has 5 nitrogen and oxygen atoms in total. The molecule has 0 spiro atoms. The fourth-order valence-electron chi connectivity index (χ4n) is 2.86.